The fraction of sp³-hybridized carbons (Fsp3) is 0.143. The molecule has 0 radical (unpaired) electrons. The Kier molecular flexibility index (Phi) is 3.57. The maximum atomic E-state index is 12.4. The van der Waals surface area contributed by atoms with Gasteiger partial charge in [-0.3, -0.25) is 14.3 Å². The molecule has 3 aromatic heterocycles. The highest BCUT2D eigenvalue weighted by molar-refractivity contribution is 5.73. The lowest BCUT2D eigenvalue weighted by Gasteiger charge is -2.06. The van der Waals surface area contributed by atoms with Gasteiger partial charge in [0.1, 0.15) is 11.1 Å². The number of rotatable bonds is 5. The van der Waals surface area contributed by atoms with Gasteiger partial charge in [-0.2, -0.15) is 4.98 Å². The number of fused-ring (bicyclic) bond motifs is 1. The van der Waals surface area contributed by atoms with Crippen LogP contribution in [0.5, 0.6) is 0 Å². The Morgan fingerprint density at radius 3 is 3.05 bits per heavy atom. The Morgan fingerprint density at radius 2 is 2.32 bits per heavy atom. The zero-order valence-corrected chi connectivity index (χ0v) is 11.6. The molecule has 0 aliphatic carbocycles. The van der Waals surface area contributed by atoms with Gasteiger partial charge in [0.2, 0.25) is 5.95 Å². The molecule has 0 saturated heterocycles. The highest BCUT2D eigenvalue weighted by Crippen LogP contribution is 2.05. The van der Waals surface area contributed by atoms with Gasteiger partial charge < -0.3 is 9.73 Å². The molecule has 0 aliphatic heterocycles. The summed E-state index contributed by atoms with van der Waals surface area (Å²) in [7, 11) is 0. The minimum atomic E-state index is -0.553. The van der Waals surface area contributed by atoms with Gasteiger partial charge >= 0.3 is 5.69 Å². The third-order valence-electron chi connectivity index (χ3n) is 3.03. The van der Waals surface area contributed by atoms with E-state index >= 15 is 0 Å². The van der Waals surface area contributed by atoms with Crippen molar-refractivity contribution < 1.29 is 4.42 Å². The molecule has 8 heteroatoms. The van der Waals surface area contributed by atoms with Crippen molar-refractivity contribution in [1.82, 2.24) is 19.5 Å². The second kappa shape index (κ2) is 5.68. The molecule has 0 unspecified atom stereocenters. The van der Waals surface area contributed by atoms with Crippen molar-refractivity contribution in [2.45, 2.75) is 6.54 Å². The molecule has 22 heavy (non-hydrogen) atoms. The third kappa shape index (κ3) is 2.53. The molecule has 8 nitrogen and oxygen atoms in total. The molecule has 0 aromatic carbocycles. The molecule has 0 bridgehead atoms. The topological polar surface area (TPSA) is 106 Å². The lowest BCUT2D eigenvalue weighted by atomic mass is 10.4. The van der Waals surface area contributed by atoms with Crippen LogP contribution in [0.15, 0.2) is 51.3 Å². The van der Waals surface area contributed by atoms with E-state index in [2.05, 4.69) is 26.8 Å². The number of hydrogen-bond acceptors (Lipinski definition) is 6. The maximum absolute atomic E-state index is 12.4. The summed E-state index contributed by atoms with van der Waals surface area (Å²) < 4.78 is 6.20. The summed E-state index contributed by atoms with van der Waals surface area (Å²) in [5, 5.41) is 3.12. The van der Waals surface area contributed by atoms with Crippen LogP contribution < -0.4 is 16.6 Å². The third-order valence-corrected chi connectivity index (χ3v) is 3.03. The number of nitrogens with one attached hydrogen (secondary N) is 2. The van der Waals surface area contributed by atoms with Crippen molar-refractivity contribution in [1.29, 1.82) is 0 Å². The van der Waals surface area contributed by atoms with Crippen molar-refractivity contribution in [3.05, 3.63) is 63.8 Å². The summed E-state index contributed by atoms with van der Waals surface area (Å²) >= 11 is 0. The highest BCUT2D eigenvalue weighted by atomic mass is 16.3. The molecule has 112 valence electrons. The Bertz CT molecular complexity index is 924. The summed E-state index contributed by atoms with van der Waals surface area (Å²) in [6, 6.07) is 3.38. The summed E-state index contributed by atoms with van der Waals surface area (Å²) in [5.41, 5.74) is -0.833. The van der Waals surface area contributed by atoms with Crippen LogP contribution in [0.3, 0.4) is 0 Å². The Morgan fingerprint density at radius 1 is 1.45 bits per heavy atom. The number of anilines is 1. The van der Waals surface area contributed by atoms with Crippen molar-refractivity contribution in [2.24, 2.45) is 0 Å². The first-order chi connectivity index (χ1) is 10.7. The van der Waals surface area contributed by atoms with Crippen molar-refractivity contribution in [3.63, 3.8) is 0 Å². The molecule has 3 aromatic rings. The van der Waals surface area contributed by atoms with Crippen LogP contribution in [0.1, 0.15) is 5.76 Å². The second-order valence-electron chi connectivity index (χ2n) is 4.53. The Labute approximate surface area is 124 Å². The first-order valence-electron chi connectivity index (χ1n) is 6.56. The molecular formula is C14H13N5O3. The number of nitrogens with zero attached hydrogens (tertiary/aromatic N) is 3. The van der Waals surface area contributed by atoms with Crippen molar-refractivity contribution in [2.75, 3.05) is 11.9 Å². The maximum Gasteiger partial charge on any atom is 0.330 e. The standard InChI is InChI=1S/C14H13N5O3/c1-2-5-15-13-16-7-10-11(17-13)18-14(21)19(12(10)20)8-9-4-3-6-22-9/h2-4,6-7H,1,5,8H2,(H2,15,16,17,18,21). The number of furan rings is 1. The molecule has 3 rings (SSSR count). The van der Waals surface area contributed by atoms with Crippen LogP contribution in [-0.2, 0) is 6.54 Å². The zero-order chi connectivity index (χ0) is 15.5. The van der Waals surface area contributed by atoms with E-state index in [9.17, 15) is 9.59 Å². The summed E-state index contributed by atoms with van der Waals surface area (Å²) in [6.45, 7) is 4.10. The monoisotopic (exact) mass is 299 g/mol. The van der Waals surface area contributed by atoms with E-state index in [-0.39, 0.29) is 17.6 Å². The number of aromatic amines is 1. The summed E-state index contributed by atoms with van der Waals surface area (Å²) in [4.78, 5) is 35.2. The summed E-state index contributed by atoms with van der Waals surface area (Å²) in [6.07, 6.45) is 4.51. The van der Waals surface area contributed by atoms with Crippen LogP contribution >= 0.6 is 0 Å². The Hall–Kier alpha value is -3.16. The molecular weight excluding hydrogens is 286 g/mol. The number of hydrogen-bond donors (Lipinski definition) is 2. The predicted molar refractivity (Wildman–Crippen MR) is 80.9 cm³/mol. The van der Waals surface area contributed by atoms with Gasteiger partial charge in [0.05, 0.1) is 12.8 Å². The predicted octanol–water partition coefficient (Wildman–Crippen LogP) is 0.719. The second-order valence-corrected chi connectivity index (χ2v) is 4.53. The van der Waals surface area contributed by atoms with Gasteiger partial charge in [-0.1, -0.05) is 6.08 Å². The van der Waals surface area contributed by atoms with Gasteiger partial charge in [0.25, 0.3) is 5.56 Å². The molecule has 0 fully saturated rings. The van der Waals surface area contributed by atoms with E-state index in [1.165, 1.54) is 12.5 Å². The average molecular weight is 299 g/mol. The average Bonchev–Trinajstić information content (AvgIpc) is 3.02. The number of H-pyrrole nitrogens is 1. The quantitative estimate of drug-likeness (QED) is 0.672. The molecule has 0 amide bonds. The first-order valence-corrected chi connectivity index (χ1v) is 6.56. The van der Waals surface area contributed by atoms with Gasteiger partial charge in [0, 0.05) is 12.7 Å². The summed E-state index contributed by atoms with van der Waals surface area (Å²) in [5.74, 6) is 0.823. The van der Waals surface area contributed by atoms with E-state index in [4.69, 9.17) is 4.42 Å². The molecule has 3 heterocycles. The van der Waals surface area contributed by atoms with Crippen LogP contribution in [0.4, 0.5) is 5.95 Å². The van der Waals surface area contributed by atoms with Crippen LogP contribution in [0.25, 0.3) is 11.0 Å². The van der Waals surface area contributed by atoms with E-state index in [0.717, 1.165) is 4.57 Å². The molecule has 0 spiro atoms. The van der Waals surface area contributed by atoms with E-state index in [1.807, 2.05) is 0 Å². The zero-order valence-electron chi connectivity index (χ0n) is 11.6. The molecule has 0 aliphatic rings. The van der Waals surface area contributed by atoms with Gasteiger partial charge in [-0.05, 0) is 12.1 Å². The smallest absolute Gasteiger partial charge is 0.330 e. The van der Waals surface area contributed by atoms with Gasteiger partial charge in [0.15, 0.2) is 5.65 Å². The van der Waals surface area contributed by atoms with Gasteiger partial charge in [-0.15, -0.1) is 6.58 Å². The van der Waals surface area contributed by atoms with E-state index < -0.39 is 11.2 Å². The van der Waals surface area contributed by atoms with Crippen LogP contribution in [0, 0.1) is 0 Å². The Balaban J connectivity index is 2.07. The van der Waals surface area contributed by atoms with Crippen LogP contribution in [0.2, 0.25) is 0 Å². The SMILES string of the molecule is C=CCNc1ncc2c(=O)n(Cc3ccco3)c(=O)[nH]c2n1. The lowest BCUT2D eigenvalue weighted by molar-refractivity contribution is 0.484. The fourth-order valence-corrected chi connectivity index (χ4v) is 1.99. The number of aromatic nitrogens is 4. The van der Waals surface area contributed by atoms with Crippen molar-refractivity contribution >= 4 is 17.0 Å². The highest BCUT2D eigenvalue weighted by Gasteiger charge is 2.11. The normalized spacial score (nSPS) is 10.7. The van der Waals surface area contributed by atoms with Gasteiger partial charge in [-0.25, -0.2) is 9.78 Å². The van der Waals surface area contributed by atoms with E-state index in [0.29, 0.717) is 18.3 Å². The van der Waals surface area contributed by atoms with Crippen molar-refractivity contribution in [3.8, 4) is 0 Å². The molecule has 0 saturated carbocycles. The largest absolute Gasteiger partial charge is 0.467 e. The van der Waals surface area contributed by atoms with Crippen LogP contribution in [-0.4, -0.2) is 26.1 Å². The molecule has 2 N–H and O–H groups in total. The molecule has 0 atom stereocenters. The minimum Gasteiger partial charge on any atom is -0.467 e. The minimum absolute atomic E-state index is 0.0492. The van der Waals surface area contributed by atoms with E-state index in [1.54, 1.807) is 18.2 Å². The fourth-order valence-electron chi connectivity index (χ4n) is 1.99. The first kappa shape index (κ1) is 13.8. The lowest BCUT2D eigenvalue weighted by Crippen LogP contribution is -2.35.